The molecular formula is C12H16O3. The molecule has 0 fully saturated rings. The summed E-state index contributed by atoms with van der Waals surface area (Å²) in [4.78, 5) is 10.9. The van der Waals surface area contributed by atoms with Crippen LogP contribution < -0.4 is 9.47 Å². The van der Waals surface area contributed by atoms with Gasteiger partial charge in [-0.2, -0.15) is 0 Å². The number of benzene rings is 1. The zero-order chi connectivity index (χ0) is 11.3. The second-order valence-electron chi connectivity index (χ2n) is 3.51. The van der Waals surface area contributed by atoms with E-state index in [0.29, 0.717) is 6.42 Å². The smallest absolute Gasteiger partial charge is 0.133 e. The normalized spacial score (nSPS) is 11.9. The maximum Gasteiger partial charge on any atom is 0.133 e. The third-order valence-electron chi connectivity index (χ3n) is 1.95. The Bertz CT molecular complexity index is 333. The van der Waals surface area contributed by atoms with E-state index in [1.54, 1.807) is 20.1 Å². The Labute approximate surface area is 90.0 Å². The van der Waals surface area contributed by atoms with E-state index in [1.807, 2.05) is 25.1 Å². The lowest BCUT2D eigenvalue weighted by molar-refractivity contribution is -0.118. The molecule has 0 aliphatic heterocycles. The van der Waals surface area contributed by atoms with Crippen molar-refractivity contribution in [1.82, 2.24) is 0 Å². The van der Waals surface area contributed by atoms with Gasteiger partial charge >= 0.3 is 0 Å². The summed E-state index contributed by atoms with van der Waals surface area (Å²) in [5.41, 5.74) is 0. The van der Waals surface area contributed by atoms with Gasteiger partial charge < -0.3 is 9.47 Å². The van der Waals surface area contributed by atoms with Gasteiger partial charge in [-0.3, -0.25) is 4.79 Å². The number of carbonyl (C=O) groups is 1. The molecule has 0 heterocycles. The average Bonchev–Trinajstić information content (AvgIpc) is 2.16. The van der Waals surface area contributed by atoms with Gasteiger partial charge in [0, 0.05) is 12.5 Å². The number of Topliss-reactive ketones (excluding diaryl/α,β-unsaturated/α-hetero) is 1. The summed E-state index contributed by atoms with van der Waals surface area (Å²) in [6, 6.07) is 7.35. The molecule has 15 heavy (non-hydrogen) atoms. The predicted molar refractivity (Wildman–Crippen MR) is 58.4 cm³/mol. The van der Waals surface area contributed by atoms with Crippen molar-refractivity contribution >= 4 is 5.78 Å². The van der Waals surface area contributed by atoms with Crippen molar-refractivity contribution < 1.29 is 14.3 Å². The van der Waals surface area contributed by atoms with Crippen LogP contribution in [0, 0.1) is 0 Å². The molecule has 1 aromatic carbocycles. The molecule has 3 heteroatoms. The second kappa shape index (κ2) is 5.39. The minimum Gasteiger partial charge on any atom is -0.497 e. The Kier molecular flexibility index (Phi) is 4.16. The Hall–Kier alpha value is -1.51. The number of methoxy groups -OCH3 is 1. The monoisotopic (exact) mass is 208 g/mol. The van der Waals surface area contributed by atoms with Gasteiger partial charge in [0.1, 0.15) is 23.4 Å². The molecule has 0 spiro atoms. The quantitative estimate of drug-likeness (QED) is 0.745. The molecule has 0 aromatic heterocycles. The second-order valence-corrected chi connectivity index (χ2v) is 3.51. The van der Waals surface area contributed by atoms with Gasteiger partial charge in [0.2, 0.25) is 0 Å². The van der Waals surface area contributed by atoms with Gasteiger partial charge in [-0.1, -0.05) is 6.07 Å². The molecule has 1 unspecified atom stereocenters. The molecule has 0 aliphatic rings. The van der Waals surface area contributed by atoms with Crippen LogP contribution in [0.25, 0.3) is 0 Å². The van der Waals surface area contributed by atoms with Gasteiger partial charge in [0.15, 0.2) is 0 Å². The van der Waals surface area contributed by atoms with E-state index in [9.17, 15) is 4.79 Å². The van der Waals surface area contributed by atoms with E-state index in [1.165, 1.54) is 0 Å². The van der Waals surface area contributed by atoms with Crippen molar-refractivity contribution in [3.8, 4) is 11.5 Å². The van der Waals surface area contributed by atoms with E-state index in [4.69, 9.17) is 9.47 Å². The van der Waals surface area contributed by atoms with Gasteiger partial charge in [0.25, 0.3) is 0 Å². The van der Waals surface area contributed by atoms with Crippen LogP contribution in [0.2, 0.25) is 0 Å². The first kappa shape index (κ1) is 11.6. The van der Waals surface area contributed by atoms with E-state index in [0.717, 1.165) is 11.5 Å². The number of carbonyl (C=O) groups excluding carboxylic acids is 1. The third kappa shape index (κ3) is 4.02. The summed E-state index contributed by atoms with van der Waals surface area (Å²) >= 11 is 0. The molecule has 0 N–H and O–H groups in total. The van der Waals surface area contributed by atoms with Crippen molar-refractivity contribution in [2.75, 3.05) is 7.11 Å². The van der Waals surface area contributed by atoms with Crippen LogP contribution in [0.4, 0.5) is 0 Å². The molecular weight excluding hydrogens is 192 g/mol. The zero-order valence-electron chi connectivity index (χ0n) is 9.32. The van der Waals surface area contributed by atoms with Crippen LogP contribution in [-0.4, -0.2) is 19.0 Å². The summed E-state index contributed by atoms with van der Waals surface area (Å²) in [5, 5.41) is 0. The van der Waals surface area contributed by atoms with Crippen LogP contribution in [-0.2, 0) is 4.79 Å². The summed E-state index contributed by atoms with van der Waals surface area (Å²) in [6.07, 6.45) is 0.326. The summed E-state index contributed by atoms with van der Waals surface area (Å²) in [5.74, 6) is 1.61. The van der Waals surface area contributed by atoms with Crippen molar-refractivity contribution in [3.63, 3.8) is 0 Å². The van der Waals surface area contributed by atoms with E-state index in [-0.39, 0.29) is 11.9 Å². The number of rotatable bonds is 5. The predicted octanol–water partition coefficient (Wildman–Crippen LogP) is 2.44. The van der Waals surface area contributed by atoms with E-state index < -0.39 is 0 Å². The molecule has 0 amide bonds. The molecule has 0 saturated heterocycles. The molecule has 0 bridgehead atoms. The third-order valence-corrected chi connectivity index (χ3v) is 1.95. The molecule has 1 atom stereocenters. The summed E-state index contributed by atoms with van der Waals surface area (Å²) < 4.78 is 10.6. The first-order valence-electron chi connectivity index (χ1n) is 4.92. The lowest BCUT2D eigenvalue weighted by Gasteiger charge is -2.13. The number of ether oxygens (including phenoxy) is 2. The molecule has 1 aromatic rings. The highest BCUT2D eigenvalue weighted by atomic mass is 16.5. The fourth-order valence-electron chi connectivity index (χ4n) is 1.35. The topological polar surface area (TPSA) is 35.5 Å². The average molecular weight is 208 g/mol. The highest BCUT2D eigenvalue weighted by Crippen LogP contribution is 2.20. The van der Waals surface area contributed by atoms with Crippen molar-refractivity contribution in [1.29, 1.82) is 0 Å². The van der Waals surface area contributed by atoms with Crippen LogP contribution in [0.15, 0.2) is 24.3 Å². The van der Waals surface area contributed by atoms with Gasteiger partial charge in [-0.15, -0.1) is 0 Å². The van der Waals surface area contributed by atoms with Crippen molar-refractivity contribution in [2.24, 2.45) is 0 Å². The number of ketones is 1. The molecule has 1 rings (SSSR count). The molecule has 0 aliphatic carbocycles. The van der Waals surface area contributed by atoms with Crippen molar-refractivity contribution in [2.45, 2.75) is 26.4 Å². The minimum atomic E-state index is -0.102. The van der Waals surface area contributed by atoms with Crippen LogP contribution in [0.3, 0.4) is 0 Å². The largest absolute Gasteiger partial charge is 0.497 e. The summed E-state index contributed by atoms with van der Waals surface area (Å²) in [7, 11) is 1.61. The Morgan fingerprint density at radius 1 is 1.40 bits per heavy atom. The van der Waals surface area contributed by atoms with Gasteiger partial charge in [0.05, 0.1) is 7.11 Å². The lowest BCUT2D eigenvalue weighted by Crippen LogP contribution is -2.15. The van der Waals surface area contributed by atoms with Gasteiger partial charge in [-0.25, -0.2) is 0 Å². The Morgan fingerprint density at radius 2 is 2.07 bits per heavy atom. The maximum absolute atomic E-state index is 10.9. The van der Waals surface area contributed by atoms with Gasteiger partial charge in [-0.05, 0) is 26.0 Å². The SMILES string of the molecule is COc1cccc(OC(C)CC(C)=O)c1. The molecule has 3 nitrogen and oxygen atoms in total. The Morgan fingerprint density at radius 3 is 2.67 bits per heavy atom. The molecule has 0 radical (unpaired) electrons. The van der Waals surface area contributed by atoms with Crippen molar-refractivity contribution in [3.05, 3.63) is 24.3 Å². The first-order valence-corrected chi connectivity index (χ1v) is 4.92. The van der Waals surface area contributed by atoms with Crippen LogP contribution >= 0.6 is 0 Å². The number of hydrogen-bond donors (Lipinski definition) is 0. The molecule has 0 saturated carbocycles. The highest BCUT2D eigenvalue weighted by molar-refractivity contribution is 5.75. The fourth-order valence-corrected chi connectivity index (χ4v) is 1.35. The fraction of sp³-hybridized carbons (Fsp3) is 0.417. The standard InChI is InChI=1S/C12H16O3/c1-9(13)7-10(2)15-12-6-4-5-11(8-12)14-3/h4-6,8,10H,7H2,1-3H3. The van der Waals surface area contributed by atoms with Crippen LogP contribution in [0.1, 0.15) is 20.3 Å². The first-order chi connectivity index (χ1) is 7.11. The van der Waals surface area contributed by atoms with Crippen LogP contribution in [0.5, 0.6) is 11.5 Å². The lowest BCUT2D eigenvalue weighted by atomic mass is 10.2. The molecule has 82 valence electrons. The zero-order valence-corrected chi connectivity index (χ0v) is 9.32. The minimum absolute atomic E-state index is 0.102. The van der Waals surface area contributed by atoms with E-state index in [2.05, 4.69) is 0 Å². The Balaban J connectivity index is 2.59. The van der Waals surface area contributed by atoms with E-state index >= 15 is 0 Å². The maximum atomic E-state index is 10.9. The number of hydrogen-bond acceptors (Lipinski definition) is 3. The highest BCUT2D eigenvalue weighted by Gasteiger charge is 2.07. The summed E-state index contributed by atoms with van der Waals surface area (Å²) in [6.45, 7) is 3.44.